The van der Waals surface area contributed by atoms with Gasteiger partial charge in [0, 0.05) is 25.2 Å². The van der Waals surface area contributed by atoms with Gasteiger partial charge in [0.2, 0.25) is 0 Å². The van der Waals surface area contributed by atoms with E-state index in [1.807, 2.05) is 4.90 Å². The van der Waals surface area contributed by atoms with Crippen LogP contribution in [0.3, 0.4) is 0 Å². The lowest BCUT2D eigenvalue weighted by atomic mass is 10.1. The van der Waals surface area contributed by atoms with Crippen molar-refractivity contribution in [2.24, 2.45) is 0 Å². The molecule has 0 aromatic heterocycles. The third kappa shape index (κ3) is 4.14. The molecule has 0 saturated carbocycles. The zero-order valence-electron chi connectivity index (χ0n) is 11.7. The molecule has 0 spiro atoms. The Labute approximate surface area is 122 Å². The van der Waals surface area contributed by atoms with Crippen molar-refractivity contribution >= 4 is 11.9 Å². The summed E-state index contributed by atoms with van der Waals surface area (Å²) in [5.41, 5.74) is -0.117. The maximum absolute atomic E-state index is 13.4. The highest BCUT2D eigenvalue weighted by molar-refractivity contribution is 5.95. The fourth-order valence-electron chi connectivity index (χ4n) is 2.24. The van der Waals surface area contributed by atoms with Crippen molar-refractivity contribution in [2.45, 2.75) is 25.8 Å². The number of guanidine groups is 2. The molecule has 7 heteroatoms. The Kier molecular flexibility index (Phi) is 5.08. The third-order valence-corrected chi connectivity index (χ3v) is 3.42. The molecular formula is C14H19F2N5. The molecule has 0 bridgehead atoms. The lowest BCUT2D eigenvalue weighted by Gasteiger charge is -2.29. The second kappa shape index (κ2) is 7.01. The molecule has 1 fully saturated rings. The predicted octanol–water partition coefficient (Wildman–Crippen LogP) is 2.00. The predicted molar refractivity (Wildman–Crippen MR) is 77.2 cm³/mol. The zero-order valence-corrected chi connectivity index (χ0v) is 11.7. The molecule has 1 aromatic rings. The van der Waals surface area contributed by atoms with Crippen molar-refractivity contribution < 1.29 is 8.78 Å². The molecule has 1 aliphatic rings. The van der Waals surface area contributed by atoms with Crippen molar-refractivity contribution in [3.8, 4) is 0 Å². The normalized spacial score (nSPS) is 14.7. The number of hydrogen-bond donors (Lipinski definition) is 4. The second-order valence-electron chi connectivity index (χ2n) is 4.95. The van der Waals surface area contributed by atoms with Crippen LogP contribution in [0.4, 0.5) is 8.78 Å². The average Bonchev–Trinajstić information content (AvgIpc) is 2.47. The Hall–Kier alpha value is -2.18. The largest absolute Gasteiger partial charge is 0.352 e. The van der Waals surface area contributed by atoms with Crippen LogP contribution in [0.5, 0.6) is 0 Å². The minimum absolute atomic E-state index is 0.117. The Morgan fingerprint density at radius 2 is 1.71 bits per heavy atom. The Balaban J connectivity index is 1.83. The third-order valence-electron chi connectivity index (χ3n) is 3.42. The smallest absolute Gasteiger partial charge is 0.197 e. The van der Waals surface area contributed by atoms with Crippen LogP contribution in [0.25, 0.3) is 0 Å². The summed E-state index contributed by atoms with van der Waals surface area (Å²) in [6.45, 7) is 1.44. The topological polar surface area (TPSA) is 75.0 Å². The van der Waals surface area contributed by atoms with E-state index in [1.165, 1.54) is 18.2 Å². The maximum Gasteiger partial charge on any atom is 0.197 e. The number of hydrogen-bond acceptors (Lipinski definition) is 2. The van der Waals surface area contributed by atoms with E-state index in [0.29, 0.717) is 0 Å². The summed E-state index contributed by atoms with van der Waals surface area (Å²) < 4.78 is 26.9. The summed E-state index contributed by atoms with van der Waals surface area (Å²) >= 11 is 0. The van der Waals surface area contributed by atoms with E-state index in [9.17, 15) is 8.78 Å². The average molecular weight is 295 g/mol. The highest BCUT2D eigenvalue weighted by Crippen LogP contribution is 2.11. The van der Waals surface area contributed by atoms with E-state index < -0.39 is 11.6 Å². The molecule has 1 heterocycles. The van der Waals surface area contributed by atoms with Gasteiger partial charge in [-0.1, -0.05) is 6.07 Å². The van der Waals surface area contributed by atoms with Gasteiger partial charge in [-0.2, -0.15) is 0 Å². The van der Waals surface area contributed by atoms with E-state index >= 15 is 0 Å². The molecule has 0 amide bonds. The summed E-state index contributed by atoms with van der Waals surface area (Å²) in [6.07, 6.45) is 3.22. The van der Waals surface area contributed by atoms with Crippen molar-refractivity contribution in [1.82, 2.24) is 15.5 Å². The highest BCUT2D eigenvalue weighted by atomic mass is 19.1. The van der Waals surface area contributed by atoms with Crippen LogP contribution in [0, 0.1) is 22.5 Å². The monoisotopic (exact) mass is 295 g/mol. The van der Waals surface area contributed by atoms with Gasteiger partial charge in [-0.15, -0.1) is 0 Å². The van der Waals surface area contributed by atoms with Crippen molar-refractivity contribution in [3.05, 3.63) is 35.4 Å². The molecule has 0 radical (unpaired) electrons. The van der Waals surface area contributed by atoms with Gasteiger partial charge in [0.25, 0.3) is 0 Å². The molecule has 1 saturated heterocycles. The van der Waals surface area contributed by atoms with Crippen LogP contribution in [0.2, 0.25) is 0 Å². The van der Waals surface area contributed by atoms with Crippen molar-refractivity contribution in [2.75, 3.05) is 13.1 Å². The summed E-state index contributed by atoms with van der Waals surface area (Å²) in [5, 5.41) is 20.7. The molecule has 0 unspecified atom stereocenters. The number of halogens is 2. The molecule has 0 atom stereocenters. The first-order valence-corrected chi connectivity index (χ1v) is 6.94. The van der Waals surface area contributed by atoms with Crippen LogP contribution in [-0.4, -0.2) is 29.9 Å². The summed E-state index contributed by atoms with van der Waals surface area (Å²) in [5.74, 6) is -1.31. The lowest BCUT2D eigenvalue weighted by Crippen LogP contribution is -2.49. The van der Waals surface area contributed by atoms with Gasteiger partial charge in [-0.3, -0.25) is 16.1 Å². The van der Waals surface area contributed by atoms with Gasteiger partial charge in [0.1, 0.15) is 11.6 Å². The van der Waals surface area contributed by atoms with E-state index in [2.05, 4.69) is 10.6 Å². The van der Waals surface area contributed by atoms with Gasteiger partial charge >= 0.3 is 0 Å². The van der Waals surface area contributed by atoms with Crippen LogP contribution in [0.1, 0.15) is 24.8 Å². The van der Waals surface area contributed by atoms with E-state index in [0.717, 1.165) is 32.4 Å². The van der Waals surface area contributed by atoms with Crippen molar-refractivity contribution in [3.63, 3.8) is 0 Å². The Morgan fingerprint density at radius 3 is 2.33 bits per heavy atom. The van der Waals surface area contributed by atoms with E-state index in [4.69, 9.17) is 10.8 Å². The van der Waals surface area contributed by atoms with E-state index in [-0.39, 0.29) is 24.0 Å². The number of rotatable bonds is 2. The Bertz CT molecular complexity index is 506. The molecule has 114 valence electrons. The number of piperidine rings is 1. The molecule has 0 aliphatic carbocycles. The second-order valence-corrected chi connectivity index (χ2v) is 4.95. The van der Waals surface area contributed by atoms with Crippen molar-refractivity contribution in [1.29, 1.82) is 10.8 Å². The van der Waals surface area contributed by atoms with Crippen LogP contribution < -0.4 is 10.6 Å². The first kappa shape index (κ1) is 15.2. The standard InChI is InChI=1S/C14H19F2N5/c15-11-5-4-6-12(16)10(11)9-19-13(17)20-14(18)21-7-2-1-3-8-21/h4-6H,1-3,7-9H2,(H4,17,18,19,20). The molecule has 1 aliphatic heterocycles. The van der Waals surface area contributed by atoms with Gasteiger partial charge in [0.15, 0.2) is 11.9 Å². The molecule has 5 nitrogen and oxygen atoms in total. The van der Waals surface area contributed by atoms with Crippen LogP contribution >= 0.6 is 0 Å². The van der Waals surface area contributed by atoms with E-state index in [1.54, 1.807) is 0 Å². The van der Waals surface area contributed by atoms with Gasteiger partial charge in [-0.25, -0.2) is 8.78 Å². The number of likely N-dealkylation sites (tertiary alicyclic amines) is 1. The zero-order chi connectivity index (χ0) is 15.2. The summed E-state index contributed by atoms with van der Waals surface area (Å²) in [4.78, 5) is 1.85. The molecule has 1 aromatic carbocycles. The quantitative estimate of drug-likeness (QED) is 0.498. The molecule has 21 heavy (non-hydrogen) atoms. The fraction of sp³-hybridized carbons (Fsp3) is 0.429. The first-order valence-electron chi connectivity index (χ1n) is 6.94. The number of nitrogens with one attached hydrogen (secondary N) is 4. The number of nitrogens with zero attached hydrogens (tertiary/aromatic N) is 1. The number of benzene rings is 1. The SMILES string of the molecule is N=C(NCc1c(F)cccc1F)NC(=N)N1CCCCC1. The minimum atomic E-state index is -0.651. The minimum Gasteiger partial charge on any atom is -0.352 e. The lowest BCUT2D eigenvalue weighted by molar-refractivity contribution is 0.334. The first-order chi connectivity index (χ1) is 10.1. The van der Waals surface area contributed by atoms with Gasteiger partial charge in [-0.05, 0) is 31.4 Å². The van der Waals surface area contributed by atoms with Gasteiger partial charge in [0.05, 0.1) is 0 Å². The molecule has 4 N–H and O–H groups in total. The van der Waals surface area contributed by atoms with Gasteiger partial charge < -0.3 is 10.2 Å². The molecule has 2 rings (SSSR count). The van der Waals surface area contributed by atoms with Crippen LogP contribution in [0.15, 0.2) is 18.2 Å². The maximum atomic E-state index is 13.4. The fourth-order valence-corrected chi connectivity index (χ4v) is 2.24. The van der Waals surface area contributed by atoms with Crippen LogP contribution in [-0.2, 0) is 6.54 Å². The summed E-state index contributed by atoms with van der Waals surface area (Å²) in [6, 6.07) is 3.64. The highest BCUT2D eigenvalue weighted by Gasteiger charge is 2.15. The Morgan fingerprint density at radius 1 is 1.10 bits per heavy atom. The summed E-state index contributed by atoms with van der Waals surface area (Å²) in [7, 11) is 0. The molecular weight excluding hydrogens is 276 g/mol.